The number of aliphatic hydroxyl groups excluding tert-OH is 1. The van der Waals surface area contributed by atoms with E-state index in [1.165, 1.54) is 4.68 Å². The fourth-order valence-electron chi connectivity index (χ4n) is 3.20. The topological polar surface area (TPSA) is 116 Å². The standard InChI is InChI=1S/C25H30N4O5/c1-5-33-23(31)22-15-21(28-29(22)13-12-27-24(32)34-25(2,3)4)19-10-11-26-20(14-19)18-8-6-17(16-30)7-9-18/h6-11,14-15,30H,5,12-13,16H2,1-4H3,(H,27,32). The number of alkyl carbamates (subject to hydrolysis) is 1. The predicted molar refractivity (Wildman–Crippen MR) is 127 cm³/mol. The maximum atomic E-state index is 12.5. The number of nitrogens with one attached hydrogen (secondary N) is 1. The molecule has 3 rings (SSSR count). The van der Waals surface area contributed by atoms with E-state index in [1.54, 1.807) is 40.0 Å². The molecular formula is C25H30N4O5. The number of benzene rings is 1. The smallest absolute Gasteiger partial charge is 0.407 e. The van der Waals surface area contributed by atoms with Gasteiger partial charge >= 0.3 is 12.1 Å². The van der Waals surface area contributed by atoms with E-state index in [9.17, 15) is 14.7 Å². The zero-order valence-electron chi connectivity index (χ0n) is 19.9. The lowest BCUT2D eigenvalue weighted by molar-refractivity contribution is 0.0512. The summed E-state index contributed by atoms with van der Waals surface area (Å²) in [5.74, 6) is -0.493. The number of esters is 1. The molecule has 0 fully saturated rings. The Balaban J connectivity index is 1.83. The Kier molecular flexibility index (Phi) is 8.01. The number of ether oxygens (including phenoxy) is 2. The lowest BCUT2D eigenvalue weighted by Crippen LogP contribution is -2.34. The SMILES string of the molecule is CCOC(=O)c1cc(-c2ccnc(-c3ccc(CO)cc3)c2)nn1CCNC(=O)OC(C)(C)C. The number of aromatic nitrogens is 3. The van der Waals surface area contributed by atoms with Crippen molar-refractivity contribution in [2.45, 2.75) is 46.4 Å². The second-order valence-electron chi connectivity index (χ2n) is 8.57. The van der Waals surface area contributed by atoms with E-state index in [4.69, 9.17) is 9.47 Å². The molecule has 9 heteroatoms. The molecular weight excluding hydrogens is 436 g/mol. The number of pyridine rings is 1. The van der Waals surface area contributed by atoms with Crippen LogP contribution in [0.4, 0.5) is 4.79 Å². The molecule has 0 saturated heterocycles. The molecule has 34 heavy (non-hydrogen) atoms. The van der Waals surface area contributed by atoms with Gasteiger partial charge in [0.05, 0.1) is 31.1 Å². The zero-order chi connectivity index (χ0) is 24.7. The molecule has 0 aliphatic heterocycles. The van der Waals surface area contributed by atoms with Crippen LogP contribution < -0.4 is 5.32 Å². The molecule has 2 N–H and O–H groups in total. The molecule has 1 aromatic carbocycles. The number of hydrogen-bond donors (Lipinski definition) is 2. The lowest BCUT2D eigenvalue weighted by Gasteiger charge is -2.19. The van der Waals surface area contributed by atoms with Crippen LogP contribution in [0.5, 0.6) is 0 Å². The Morgan fingerprint density at radius 3 is 2.44 bits per heavy atom. The minimum atomic E-state index is -0.601. The van der Waals surface area contributed by atoms with E-state index in [-0.39, 0.29) is 32.0 Å². The van der Waals surface area contributed by atoms with Crippen LogP contribution in [-0.2, 0) is 22.6 Å². The fraction of sp³-hybridized carbons (Fsp3) is 0.360. The predicted octanol–water partition coefficient (Wildman–Crippen LogP) is 3.81. The molecule has 0 saturated carbocycles. The minimum Gasteiger partial charge on any atom is -0.461 e. The summed E-state index contributed by atoms with van der Waals surface area (Å²) in [5.41, 5.74) is 3.49. The Morgan fingerprint density at radius 2 is 1.79 bits per heavy atom. The molecule has 0 unspecified atom stereocenters. The van der Waals surface area contributed by atoms with Crippen LogP contribution in [-0.4, -0.2) is 50.7 Å². The van der Waals surface area contributed by atoms with Crippen molar-refractivity contribution in [1.82, 2.24) is 20.1 Å². The summed E-state index contributed by atoms with van der Waals surface area (Å²) in [6.45, 7) is 7.79. The van der Waals surface area contributed by atoms with Gasteiger partial charge in [-0.2, -0.15) is 5.10 Å². The summed E-state index contributed by atoms with van der Waals surface area (Å²) in [6, 6.07) is 12.8. The quantitative estimate of drug-likeness (QED) is 0.485. The van der Waals surface area contributed by atoms with Crippen LogP contribution in [0.15, 0.2) is 48.7 Å². The van der Waals surface area contributed by atoms with Crippen molar-refractivity contribution >= 4 is 12.1 Å². The molecule has 0 radical (unpaired) electrons. The normalized spacial score (nSPS) is 11.2. The lowest BCUT2D eigenvalue weighted by atomic mass is 10.1. The highest BCUT2D eigenvalue weighted by molar-refractivity contribution is 5.89. The molecule has 1 amide bonds. The zero-order valence-corrected chi connectivity index (χ0v) is 19.9. The Bertz CT molecular complexity index is 1130. The Morgan fingerprint density at radius 1 is 1.06 bits per heavy atom. The average Bonchev–Trinajstić information content (AvgIpc) is 3.22. The van der Waals surface area contributed by atoms with Gasteiger partial charge in [-0.05, 0) is 51.5 Å². The second kappa shape index (κ2) is 10.9. The first-order valence-electron chi connectivity index (χ1n) is 11.1. The summed E-state index contributed by atoms with van der Waals surface area (Å²) >= 11 is 0. The van der Waals surface area contributed by atoms with Gasteiger partial charge in [0.15, 0.2) is 0 Å². The van der Waals surface area contributed by atoms with E-state index in [0.717, 1.165) is 22.4 Å². The van der Waals surface area contributed by atoms with Crippen LogP contribution in [0.2, 0.25) is 0 Å². The largest absolute Gasteiger partial charge is 0.461 e. The molecule has 0 atom stereocenters. The summed E-state index contributed by atoms with van der Waals surface area (Å²) in [7, 11) is 0. The molecule has 0 spiro atoms. The van der Waals surface area contributed by atoms with E-state index in [2.05, 4.69) is 15.4 Å². The third kappa shape index (κ3) is 6.64. The van der Waals surface area contributed by atoms with Crippen LogP contribution in [0, 0.1) is 0 Å². The molecule has 2 heterocycles. The number of amides is 1. The highest BCUT2D eigenvalue weighted by Gasteiger charge is 2.19. The Hall–Kier alpha value is -3.72. The first kappa shape index (κ1) is 24.9. The third-order valence-electron chi connectivity index (χ3n) is 4.74. The van der Waals surface area contributed by atoms with E-state index < -0.39 is 17.7 Å². The number of hydrogen-bond acceptors (Lipinski definition) is 7. The van der Waals surface area contributed by atoms with E-state index >= 15 is 0 Å². The second-order valence-corrected chi connectivity index (χ2v) is 8.57. The number of aliphatic hydroxyl groups is 1. The molecule has 3 aromatic rings. The van der Waals surface area contributed by atoms with Crippen LogP contribution in [0.25, 0.3) is 22.5 Å². The van der Waals surface area contributed by atoms with Gasteiger partial charge in [0.25, 0.3) is 0 Å². The van der Waals surface area contributed by atoms with Crippen LogP contribution >= 0.6 is 0 Å². The van der Waals surface area contributed by atoms with Gasteiger partial charge in [-0.3, -0.25) is 9.67 Å². The van der Waals surface area contributed by atoms with Crippen molar-refractivity contribution in [3.63, 3.8) is 0 Å². The molecule has 2 aromatic heterocycles. The summed E-state index contributed by atoms with van der Waals surface area (Å²) < 4.78 is 11.9. The van der Waals surface area contributed by atoms with Gasteiger partial charge in [-0.15, -0.1) is 0 Å². The van der Waals surface area contributed by atoms with Crippen molar-refractivity contribution in [2.75, 3.05) is 13.2 Å². The molecule has 0 aliphatic carbocycles. The van der Waals surface area contributed by atoms with Crippen LogP contribution in [0.3, 0.4) is 0 Å². The van der Waals surface area contributed by atoms with Crippen molar-refractivity contribution in [2.24, 2.45) is 0 Å². The molecule has 0 bridgehead atoms. The van der Waals surface area contributed by atoms with Gasteiger partial charge in [-0.1, -0.05) is 24.3 Å². The molecule has 9 nitrogen and oxygen atoms in total. The highest BCUT2D eigenvalue weighted by atomic mass is 16.6. The van der Waals surface area contributed by atoms with Crippen molar-refractivity contribution in [3.05, 3.63) is 59.9 Å². The summed E-state index contributed by atoms with van der Waals surface area (Å²) in [4.78, 5) is 28.9. The number of carbonyl (C=O) groups excluding carboxylic acids is 2. The average molecular weight is 467 g/mol. The highest BCUT2D eigenvalue weighted by Crippen LogP contribution is 2.25. The van der Waals surface area contributed by atoms with Crippen molar-refractivity contribution in [3.8, 4) is 22.5 Å². The first-order chi connectivity index (χ1) is 16.2. The summed E-state index contributed by atoms with van der Waals surface area (Å²) in [5, 5.41) is 16.5. The molecule has 180 valence electrons. The van der Waals surface area contributed by atoms with E-state index in [1.807, 2.05) is 36.4 Å². The third-order valence-corrected chi connectivity index (χ3v) is 4.74. The number of rotatable bonds is 8. The number of carbonyl (C=O) groups is 2. The summed E-state index contributed by atoms with van der Waals surface area (Å²) in [6.07, 6.45) is 1.14. The van der Waals surface area contributed by atoms with Gasteiger partial charge in [0.2, 0.25) is 0 Å². The fourth-order valence-corrected chi connectivity index (χ4v) is 3.20. The van der Waals surface area contributed by atoms with Crippen molar-refractivity contribution < 1.29 is 24.2 Å². The first-order valence-corrected chi connectivity index (χ1v) is 11.1. The van der Waals surface area contributed by atoms with E-state index in [0.29, 0.717) is 5.69 Å². The molecule has 0 aliphatic rings. The van der Waals surface area contributed by atoms with Gasteiger partial charge in [-0.25, -0.2) is 9.59 Å². The van der Waals surface area contributed by atoms with Gasteiger partial charge < -0.3 is 19.9 Å². The Labute approximate surface area is 198 Å². The van der Waals surface area contributed by atoms with Gasteiger partial charge in [0, 0.05) is 23.9 Å². The number of nitrogens with zero attached hydrogens (tertiary/aromatic N) is 3. The van der Waals surface area contributed by atoms with Crippen molar-refractivity contribution in [1.29, 1.82) is 0 Å². The monoisotopic (exact) mass is 466 g/mol. The maximum Gasteiger partial charge on any atom is 0.407 e. The minimum absolute atomic E-state index is 0.0232. The maximum absolute atomic E-state index is 12.5. The van der Waals surface area contributed by atoms with Crippen LogP contribution in [0.1, 0.15) is 43.7 Å². The van der Waals surface area contributed by atoms with Gasteiger partial charge in [0.1, 0.15) is 11.3 Å².